The molecule has 0 spiro atoms. The van der Waals surface area contributed by atoms with Gasteiger partial charge in [-0.1, -0.05) is 15.9 Å². The van der Waals surface area contributed by atoms with E-state index in [9.17, 15) is 4.39 Å². The average Bonchev–Trinajstić information content (AvgIpc) is 2.62. The molecule has 1 aliphatic heterocycles. The van der Waals surface area contributed by atoms with Crippen molar-refractivity contribution in [3.8, 4) is 0 Å². The number of halogens is 2. The van der Waals surface area contributed by atoms with Crippen LogP contribution < -0.4 is 10.6 Å². The van der Waals surface area contributed by atoms with E-state index in [0.717, 1.165) is 24.0 Å². The Hall–Kier alpha value is -0.610. The summed E-state index contributed by atoms with van der Waals surface area (Å²) in [6.07, 6.45) is 1.05. The summed E-state index contributed by atoms with van der Waals surface area (Å²) in [5.74, 6) is -0.203. The van der Waals surface area contributed by atoms with Crippen LogP contribution in [0.4, 0.5) is 10.1 Å². The lowest BCUT2D eigenvalue weighted by atomic mass is 10.2. The Kier molecular flexibility index (Phi) is 3.03. The molecule has 14 heavy (non-hydrogen) atoms. The van der Waals surface area contributed by atoms with Crippen molar-refractivity contribution in [3.05, 3.63) is 28.5 Å². The average molecular weight is 259 g/mol. The number of nitrogens with one attached hydrogen (secondary N) is 2. The van der Waals surface area contributed by atoms with Crippen molar-refractivity contribution in [1.82, 2.24) is 5.32 Å². The molecule has 1 aromatic rings. The molecule has 0 saturated carbocycles. The molecule has 1 aliphatic rings. The lowest BCUT2D eigenvalue weighted by Gasteiger charge is -2.13. The maximum Gasteiger partial charge on any atom is 0.147 e. The first kappa shape index (κ1) is 9.93. The lowest BCUT2D eigenvalue weighted by Crippen LogP contribution is -2.22. The van der Waals surface area contributed by atoms with Crippen molar-refractivity contribution < 1.29 is 4.39 Å². The second-order valence-electron chi connectivity index (χ2n) is 3.46. The Morgan fingerprint density at radius 2 is 2.36 bits per heavy atom. The Bertz CT molecular complexity index is 324. The van der Waals surface area contributed by atoms with E-state index in [-0.39, 0.29) is 5.82 Å². The van der Waals surface area contributed by atoms with Gasteiger partial charge in [-0.3, -0.25) is 0 Å². The first-order valence-electron chi connectivity index (χ1n) is 4.68. The van der Waals surface area contributed by atoms with E-state index in [0.29, 0.717) is 11.7 Å². The van der Waals surface area contributed by atoms with Crippen molar-refractivity contribution in [3.63, 3.8) is 0 Å². The van der Waals surface area contributed by atoms with Crippen LogP contribution in [0.25, 0.3) is 0 Å². The predicted octanol–water partition coefficient (Wildman–Crippen LogP) is 2.36. The molecule has 76 valence electrons. The molecule has 2 nitrogen and oxygen atoms in total. The highest BCUT2D eigenvalue weighted by Gasteiger charge is 2.15. The van der Waals surface area contributed by atoms with E-state index in [1.807, 2.05) is 6.07 Å². The molecule has 0 aliphatic carbocycles. The third-order valence-electron chi connectivity index (χ3n) is 2.35. The highest BCUT2D eigenvalue weighted by atomic mass is 79.9. The number of hydrogen-bond donors (Lipinski definition) is 2. The molecule has 0 radical (unpaired) electrons. The molecule has 1 unspecified atom stereocenters. The quantitative estimate of drug-likeness (QED) is 0.852. The summed E-state index contributed by atoms with van der Waals surface area (Å²) in [4.78, 5) is 0. The van der Waals surface area contributed by atoms with Crippen LogP contribution in [0.15, 0.2) is 22.7 Å². The van der Waals surface area contributed by atoms with Crippen LogP contribution in [0.1, 0.15) is 6.42 Å². The molecule has 1 atom stereocenters. The van der Waals surface area contributed by atoms with Crippen LogP contribution in [0.3, 0.4) is 0 Å². The highest BCUT2D eigenvalue weighted by molar-refractivity contribution is 9.10. The summed E-state index contributed by atoms with van der Waals surface area (Å²) in [6, 6.07) is 5.43. The molecule has 2 N–H and O–H groups in total. The standard InChI is InChI=1S/C10H12BrFN2/c11-7-1-2-10(9(12)5-7)14-8-3-4-13-6-8/h1-2,5,8,13-14H,3-4,6H2. The molecule has 1 saturated heterocycles. The van der Waals surface area contributed by atoms with Gasteiger partial charge in [0.15, 0.2) is 0 Å². The zero-order valence-corrected chi connectivity index (χ0v) is 9.27. The molecule has 4 heteroatoms. The van der Waals surface area contributed by atoms with E-state index in [1.54, 1.807) is 6.07 Å². The summed E-state index contributed by atoms with van der Waals surface area (Å²) in [6.45, 7) is 1.92. The number of benzene rings is 1. The molecule has 2 rings (SSSR count). The maximum absolute atomic E-state index is 13.4. The first-order chi connectivity index (χ1) is 6.75. The molecule has 1 fully saturated rings. The number of rotatable bonds is 2. The predicted molar refractivity (Wildman–Crippen MR) is 59.0 cm³/mol. The van der Waals surface area contributed by atoms with Crippen molar-refractivity contribution in [2.45, 2.75) is 12.5 Å². The van der Waals surface area contributed by atoms with Gasteiger partial charge in [-0.2, -0.15) is 0 Å². The van der Waals surface area contributed by atoms with Gasteiger partial charge in [0.05, 0.1) is 5.69 Å². The zero-order valence-electron chi connectivity index (χ0n) is 7.69. The van der Waals surface area contributed by atoms with Gasteiger partial charge in [-0.05, 0) is 31.2 Å². The van der Waals surface area contributed by atoms with Gasteiger partial charge in [-0.25, -0.2) is 4.39 Å². The van der Waals surface area contributed by atoms with Crippen molar-refractivity contribution in [2.24, 2.45) is 0 Å². The van der Waals surface area contributed by atoms with Crippen LogP contribution in [-0.2, 0) is 0 Å². The Labute approximate surface area is 91.0 Å². The lowest BCUT2D eigenvalue weighted by molar-refractivity contribution is 0.625. The second-order valence-corrected chi connectivity index (χ2v) is 4.37. The van der Waals surface area contributed by atoms with Gasteiger partial charge >= 0.3 is 0 Å². The van der Waals surface area contributed by atoms with E-state index >= 15 is 0 Å². The Balaban J connectivity index is 2.08. The molecule has 0 amide bonds. The molecular weight excluding hydrogens is 247 g/mol. The highest BCUT2D eigenvalue weighted by Crippen LogP contribution is 2.20. The second kappa shape index (κ2) is 4.28. The van der Waals surface area contributed by atoms with E-state index in [4.69, 9.17) is 0 Å². The fraction of sp³-hybridized carbons (Fsp3) is 0.400. The van der Waals surface area contributed by atoms with Gasteiger partial charge < -0.3 is 10.6 Å². The first-order valence-corrected chi connectivity index (χ1v) is 5.47. The minimum atomic E-state index is -0.203. The molecule has 1 heterocycles. The van der Waals surface area contributed by atoms with Crippen LogP contribution in [0.2, 0.25) is 0 Å². The van der Waals surface area contributed by atoms with Gasteiger partial charge in [0.1, 0.15) is 5.82 Å². The molecular formula is C10H12BrFN2. The van der Waals surface area contributed by atoms with E-state index in [2.05, 4.69) is 26.6 Å². The number of hydrogen-bond acceptors (Lipinski definition) is 2. The van der Waals surface area contributed by atoms with Gasteiger partial charge in [0.2, 0.25) is 0 Å². The van der Waals surface area contributed by atoms with Crippen molar-refractivity contribution in [1.29, 1.82) is 0 Å². The number of anilines is 1. The van der Waals surface area contributed by atoms with E-state index < -0.39 is 0 Å². The summed E-state index contributed by atoms with van der Waals surface area (Å²) < 4.78 is 14.2. The molecule has 0 bridgehead atoms. The normalized spacial score (nSPS) is 21.1. The summed E-state index contributed by atoms with van der Waals surface area (Å²) in [5, 5.41) is 6.41. The minimum Gasteiger partial charge on any atom is -0.379 e. The van der Waals surface area contributed by atoms with Crippen molar-refractivity contribution in [2.75, 3.05) is 18.4 Å². The summed E-state index contributed by atoms with van der Waals surface area (Å²) >= 11 is 3.23. The summed E-state index contributed by atoms with van der Waals surface area (Å²) in [5.41, 5.74) is 0.585. The van der Waals surface area contributed by atoms with Gasteiger partial charge in [-0.15, -0.1) is 0 Å². The Morgan fingerprint density at radius 3 is 3.00 bits per heavy atom. The molecule has 1 aromatic carbocycles. The van der Waals surface area contributed by atoms with Crippen LogP contribution in [0.5, 0.6) is 0 Å². The molecule has 0 aromatic heterocycles. The summed E-state index contributed by atoms with van der Waals surface area (Å²) in [7, 11) is 0. The van der Waals surface area contributed by atoms with Crippen LogP contribution in [0, 0.1) is 5.82 Å². The Morgan fingerprint density at radius 1 is 1.50 bits per heavy atom. The third-order valence-corrected chi connectivity index (χ3v) is 2.84. The maximum atomic E-state index is 13.4. The van der Waals surface area contributed by atoms with Crippen molar-refractivity contribution >= 4 is 21.6 Å². The smallest absolute Gasteiger partial charge is 0.147 e. The third kappa shape index (κ3) is 2.25. The van der Waals surface area contributed by atoms with Crippen LogP contribution in [-0.4, -0.2) is 19.1 Å². The fourth-order valence-electron chi connectivity index (χ4n) is 1.60. The largest absolute Gasteiger partial charge is 0.379 e. The topological polar surface area (TPSA) is 24.1 Å². The minimum absolute atomic E-state index is 0.203. The SMILES string of the molecule is Fc1cc(Br)ccc1NC1CCNC1. The van der Waals surface area contributed by atoms with Gasteiger partial charge in [0, 0.05) is 17.1 Å². The van der Waals surface area contributed by atoms with Crippen LogP contribution >= 0.6 is 15.9 Å². The zero-order chi connectivity index (χ0) is 9.97. The monoisotopic (exact) mass is 258 g/mol. The van der Waals surface area contributed by atoms with E-state index in [1.165, 1.54) is 6.07 Å². The fourth-order valence-corrected chi connectivity index (χ4v) is 1.94. The van der Waals surface area contributed by atoms with Gasteiger partial charge in [0.25, 0.3) is 0 Å².